The normalized spacial score (nSPS) is 16.0. The third kappa shape index (κ3) is 3.98. The molecule has 2 heterocycles. The van der Waals surface area contributed by atoms with Gasteiger partial charge in [0.2, 0.25) is 5.91 Å². The van der Waals surface area contributed by atoms with Gasteiger partial charge in [-0.1, -0.05) is 44.2 Å². The van der Waals surface area contributed by atoms with Gasteiger partial charge in [-0.25, -0.2) is 4.98 Å². The lowest BCUT2D eigenvalue weighted by molar-refractivity contribution is -0.136. The zero-order valence-electron chi connectivity index (χ0n) is 13.7. The molecule has 5 heteroatoms. The molecule has 0 atom stereocenters. The van der Waals surface area contributed by atoms with Crippen molar-refractivity contribution in [2.75, 3.05) is 26.2 Å². The van der Waals surface area contributed by atoms with Crippen LogP contribution in [-0.4, -0.2) is 46.9 Å². The number of thiazole rings is 1. The smallest absolute Gasteiger partial charge is 0.225 e. The highest BCUT2D eigenvalue weighted by molar-refractivity contribution is 7.09. The molecule has 4 nitrogen and oxygen atoms in total. The van der Waals surface area contributed by atoms with E-state index in [2.05, 4.69) is 22.4 Å². The number of benzene rings is 1. The van der Waals surface area contributed by atoms with Crippen LogP contribution in [0.5, 0.6) is 0 Å². The molecule has 0 saturated carbocycles. The third-order valence-electron chi connectivity index (χ3n) is 4.16. The van der Waals surface area contributed by atoms with Gasteiger partial charge in [-0.05, 0) is 0 Å². The van der Waals surface area contributed by atoms with Crippen LogP contribution in [-0.2, 0) is 11.3 Å². The van der Waals surface area contributed by atoms with Crippen molar-refractivity contribution in [1.29, 1.82) is 0 Å². The molecule has 0 spiro atoms. The summed E-state index contributed by atoms with van der Waals surface area (Å²) in [5.74, 6) is 0.360. The van der Waals surface area contributed by atoms with Crippen LogP contribution in [0, 0.1) is 5.92 Å². The van der Waals surface area contributed by atoms with E-state index in [-0.39, 0.29) is 11.8 Å². The minimum absolute atomic E-state index is 0.0916. The Kier molecular flexibility index (Phi) is 5.08. The van der Waals surface area contributed by atoms with Crippen molar-refractivity contribution in [2.24, 2.45) is 5.92 Å². The predicted molar refractivity (Wildman–Crippen MR) is 94.2 cm³/mol. The molecule has 0 radical (unpaired) electrons. The van der Waals surface area contributed by atoms with Crippen molar-refractivity contribution < 1.29 is 4.79 Å². The van der Waals surface area contributed by atoms with Crippen molar-refractivity contribution >= 4 is 17.2 Å². The summed E-state index contributed by atoms with van der Waals surface area (Å²) in [5.41, 5.74) is 2.22. The summed E-state index contributed by atoms with van der Waals surface area (Å²) in [6.07, 6.45) is 0. The molecule has 1 amide bonds. The van der Waals surface area contributed by atoms with Crippen LogP contribution in [0.4, 0.5) is 0 Å². The average molecular weight is 329 g/mol. The van der Waals surface area contributed by atoms with Crippen LogP contribution in [0.25, 0.3) is 11.3 Å². The van der Waals surface area contributed by atoms with E-state index in [0.717, 1.165) is 43.4 Å². The summed E-state index contributed by atoms with van der Waals surface area (Å²) in [7, 11) is 0. The highest BCUT2D eigenvalue weighted by Gasteiger charge is 2.23. The Morgan fingerprint density at radius 2 is 1.87 bits per heavy atom. The van der Waals surface area contributed by atoms with E-state index in [1.54, 1.807) is 11.3 Å². The highest BCUT2D eigenvalue weighted by Crippen LogP contribution is 2.22. The summed E-state index contributed by atoms with van der Waals surface area (Å²) in [5, 5.41) is 3.27. The second kappa shape index (κ2) is 7.23. The number of amides is 1. The topological polar surface area (TPSA) is 36.4 Å². The molecule has 0 bridgehead atoms. The fraction of sp³-hybridized carbons (Fsp3) is 0.444. The molecule has 0 unspecified atom stereocenters. The van der Waals surface area contributed by atoms with Gasteiger partial charge in [0.25, 0.3) is 0 Å². The van der Waals surface area contributed by atoms with Crippen molar-refractivity contribution in [3.05, 3.63) is 40.7 Å². The van der Waals surface area contributed by atoms with Gasteiger partial charge in [-0.3, -0.25) is 9.69 Å². The average Bonchev–Trinajstić information content (AvgIpc) is 3.04. The maximum absolute atomic E-state index is 12.0. The first-order valence-electron chi connectivity index (χ1n) is 8.14. The molecule has 1 saturated heterocycles. The molecule has 1 aromatic heterocycles. The lowest BCUT2D eigenvalue weighted by atomic mass is 10.1. The van der Waals surface area contributed by atoms with E-state index in [1.807, 2.05) is 36.9 Å². The Morgan fingerprint density at radius 1 is 1.17 bits per heavy atom. The van der Waals surface area contributed by atoms with Crippen LogP contribution in [0.1, 0.15) is 18.9 Å². The standard InChI is InChI=1S/C18H23N3OS/c1-14(2)18(22)21-10-8-20(9-11-21)12-17-19-16(13-23-17)15-6-4-3-5-7-15/h3-7,13-14H,8-12H2,1-2H3. The highest BCUT2D eigenvalue weighted by atomic mass is 32.1. The van der Waals surface area contributed by atoms with Gasteiger partial charge in [0.05, 0.1) is 12.2 Å². The van der Waals surface area contributed by atoms with Crippen LogP contribution >= 0.6 is 11.3 Å². The second-order valence-corrected chi connectivity index (χ2v) is 7.19. The number of nitrogens with zero attached hydrogens (tertiary/aromatic N) is 3. The van der Waals surface area contributed by atoms with Gasteiger partial charge in [-0.2, -0.15) is 0 Å². The SMILES string of the molecule is CC(C)C(=O)N1CCN(Cc2nc(-c3ccccc3)cs2)CC1. The first kappa shape index (κ1) is 16.1. The largest absolute Gasteiger partial charge is 0.340 e. The summed E-state index contributed by atoms with van der Waals surface area (Å²) < 4.78 is 0. The van der Waals surface area contributed by atoms with E-state index in [1.165, 1.54) is 5.56 Å². The Labute approximate surface area is 141 Å². The van der Waals surface area contributed by atoms with E-state index in [9.17, 15) is 4.79 Å². The zero-order valence-corrected chi connectivity index (χ0v) is 14.6. The summed E-state index contributed by atoms with van der Waals surface area (Å²) >= 11 is 1.72. The second-order valence-electron chi connectivity index (χ2n) is 6.25. The minimum atomic E-state index is 0.0916. The monoisotopic (exact) mass is 329 g/mol. The maximum Gasteiger partial charge on any atom is 0.225 e. The van der Waals surface area contributed by atoms with E-state index in [0.29, 0.717) is 0 Å². The van der Waals surface area contributed by atoms with Gasteiger partial charge in [-0.15, -0.1) is 11.3 Å². The lowest BCUT2D eigenvalue weighted by Crippen LogP contribution is -2.49. The fourth-order valence-electron chi connectivity index (χ4n) is 2.81. The van der Waals surface area contributed by atoms with Gasteiger partial charge < -0.3 is 4.90 Å². The van der Waals surface area contributed by atoms with Crippen LogP contribution in [0.2, 0.25) is 0 Å². The lowest BCUT2D eigenvalue weighted by Gasteiger charge is -2.35. The molecule has 1 aromatic carbocycles. The molecular weight excluding hydrogens is 306 g/mol. The third-order valence-corrected chi connectivity index (χ3v) is 4.99. The molecule has 0 N–H and O–H groups in total. The van der Waals surface area contributed by atoms with Crippen LogP contribution in [0.3, 0.4) is 0 Å². The van der Waals surface area contributed by atoms with Crippen LogP contribution in [0.15, 0.2) is 35.7 Å². The fourth-order valence-corrected chi connectivity index (χ4v) is 3.65. The number of carbonyl (C=O) groups is 1. The molecule has 23 heavy (non-hydrogen) atoms. The van der Waals surface area contributed by atoms with Crippen molar-refractivity contribution in [1.82, 2.24) is 14.8 Å². The molecule has 2 aromatic rings. The number of aromatic nitrogens is 1. The quantitative estimate of drug-likeness (QED) is 0.865. The van der Waals surface area contributed by atoms with E-state index in [4.69, 9.17) is 4.98 Å². The molecule has 1 aliphatic heterocycles. The van der Waals surface area contributed by atoms with Gasteiger partial charge in [0.1, 0.15) is 5.01 Å². The van der Waals surface area contributed by atoms with Crippen molar-refractivity contribution in [3.8, 4) is 11.3 Å². The van der Waals surface area contributed by atoms with Crippen molar-refractivity contribution in [3.63, 3.8) is 0 Å². The first-order valence-corrected chi connectivity index (χ1v) is 9.02. The Bertz CT molecular complexity index is 645. The number of piperazine rings is 1. The number of hydrogen-bond acceptors (Lipinski definition) is 4. The summed E-state index contributed by atoms with van der Waals surface area (Å²) in [4.78, 5) is 21.1. The molecule has 3 rings (SSSR count). The Morgan fingerprint density at radius 3 is 2.52 bits per heavy atom. The first-order chi connectivity index (χ1) is 11.1. The summed E-state index contributed by atoms with van der Waals surface area (Å²) in [6.45, 7) is 8.32. The van der Waals surface area contributed by atoms with E-state index >= 15 is 0 Å². The Balaban J connectivity index is 1.55. The summed E-state index contributed by atoms with van der Waals surface area (Å²) in [6, 6.07) is 10.3. The maximum atomic E-state index is 12.0. The number of hydrogen-bond donors (Lipinski definition) is 0. The van der Waals surface area contributed by atoms with Gasteiger partial charge in [0.15, 0.2) is 0 Å². The minimum Gasteiger partial charge on any atom is -0.340 e. The molecule has 1 aliphatic rings. The predicted octanol–water partition coefficient (Wildman–Crippen LogP) is 3.11. The van der Waals surface area contributed by atoms with Gasteiger partial charge in [0, 0.05) is 43.0 Å². The van der Waals surface area contributed by atoms with Crippen LogP contribution < -0.4 is 0 Å². The Hall–Kier alpha value is -1.72. The number of rotatable bonds is 4. The number of carbonyl (C=O) groups excluding carboxylic acids is 1. The zero-order chi connectivity index (χ0) is 16.2. The van der Waals surface area contributed by atoms with Gasteiger partial charge >= 0.3 is 0 Å². The van der Waals surface area contributed by atoms with Crippen molar-refractivity contribution in [2.45, 2.75) is 20.4 Å². The molecule has 122 valence electrons. The molecule has 1 fully saturated rings. The molecule has 0 aliphatic carbocycles. The van der Waals surface area contributed by atoms with E-state index < -0.39 is 0 Å². The molecular formula is C18H23N3OS.